The van der Waals surface area contributed by atoms with E-state index in [0.29, 0.717) is 24.3 Å². The number of nitrogens with zero attached hydrogens (tertiary/aromatic N) is 1. The number of carbonyl (C=O) groups excluding carboxylic acids is 3. The molecule has 0 aliphatic heterocycles. The number of esters is 1. The molecule has 192 valence electrons. The van der Waals surface area contributed by atoms with Gasteiger partial charge in [-0.05, 0) is 113 Å². The quantitative estimate of drug-likeness (QED) is 0.329. The molecule has 0 atom stereocenters. The highest BCUT2D eigenvalue weighted by Crippen LogP contribution is 2.50. The third-order valence-corrected chi connectivity index (χ3v) is 7.91. The highest BCUT2D eigenvalue weighted by molar-refractivity contribution is 6.30. The second-order valence-electron chi connectivity index (χ2n) is 11.8. The van der Waals surface area contributed by atoms with E-state index in [1.165, 1.54) is 0 Å². The Bertz CT molecular complexity index is 1130. The van der Waals surface area contributed by atoms with Gasteiger partial charge in [-0.3, -0.25) is 19.4 Å². The predicted molar refractivity (Wildman–Crippen MR) is 141 cm³/mol. The van der Waals surface area contributed by atoms with Gasteiger partial charge >= 0.3 is 5.97 Å². The highest BCUT2D eigenvalue weighted by Gasteiger charge is 2.47. The number of ketones is 2. The first-order valence-corrected chi connectivity index (χ1v) is 13.2. The number of halogens is 1. The average Bonchev–Trinajstić information content (AvgIpc) is 2.76. The zero-order valence-corrected chi connectivity index (χ0v) is 22.7. The average molecular weight is 510 g/mol. The molecule has 0 amide bonds. The van der Waals surface area contributed by atoms with Gasteiger partial charge in [0, 0.05) is 31.0 Å². The molecule has 1 heterocycles. The molecule has 2 fully saturated rings. The molecular formula is C30H36ClNO4. The van der Waals surface area contributed by atoms with Gasteiger partial charge in [0.1, 0.15) is 23.1 Å². The van der Waals surface area contributed by atoms with Crippen molar-refractivity contribution in [3.63, 3.8) is 0 Å². The third-order valence-electron chi connectivity index (χ3n) is 7.69. The Morgan fingerprint density at radius 2 is 1.64 bits per heavy atom. The van der Waals surface area contributed by atoms with Gasteiger partial charge in [-0.1, -0.05) is 11.6 Å². The first kappa shape index (κ1) is 26.5. The Labute approximate surface area is 219 Å². The number of hydrogen-bond donors (Lipinski definition) is 0. The summed E-state index contributed by atoms with van der Waals surface area (Å²) in [5.41, 5.74) is 3.72. The van der Waals surface area contributed by atoms with Crippen LogP contribution >= 0.6 is 11.6 Å². The second-order valence-corrected chi connectivity index (χ2v) is 12.3. The molecule has 0 radical (unpaired) electrons. The van der Waals surface area contributed by atoms with Crippen LogP contribution in [0.25, 0.3) is 11.3 Å². The van der Waals surface area contributed by atoms with Crippen molar-refractivity contribution in [1.82, 2.24) is 4.98 Å². The fourth-order valence-electron chi connectivity index (χ4n) is 6.10. The lowest BCUT2D eigenvalue weighted by atomic mass is 9.59. The van der Waals surface area contributed by atoms with Crippen LogP contribution in [0.5, 0.6) is 0 Å². The van der Waals surface area contributed by atoms with Crippen LogP contribution in [-0.4, -0.2) is 28.1 Å². The van der Waals surface area contributed by atoms with Gasteiger partial charge in [0.05, 0.1) is 10.7 Å². The smallest absolute Gasteiger partial charge is 0.306 e. The molecule has 1 aromatic heterocycles. The van der Waals surface area contributed by atoms with Crippen molar-refractivity contribution in [3.8, 4) is 11.3 Å². The number of pyridine rings is 1. The lowest BCUT2D eigenvalue weighted by Gasteiger charge is -2.43. The van der Waals surface area contributed by atoms with Gasteiger partial charge in [-0.25, -0.2) is 0 Å². The van der Waals surface area contributed by atoms with Gasteiger partial charge < -0.3 is 4.74 Å². The fourth-order valence-corrected chi connectivity index (χ4v) is 6.21. The maximum Gasteiger partial charge on any atom is 0.306 e. The normalized spacial score (nSPS) is 24.7. The van der Waals surface area contributed by atoms with Crippen LogP contribution in [-0.2, 0) is 19.1 Å². The van der Waals surface area contributed by atoms with E-state index in [4.69, 9.17) is 16.3 Å². The first-order valence-electron chi connectivity index (χ1n) is 12.9. The Hall–Kier alpha value is -2.53. The summed E-state index contributed by atoms with van der Waals surface area (Å²) < 4.78 is 5.48. The van der Waals surface area contributed by atoms with Crippen molar-refractivity contribution in [1.29, 1.82) is 0 Å². The van der Waals surface area contributed by atoms with Crippen molar-refractivity contribution >= 4 is 29.1 Å². The minimum atomic E-state index is -0.692. The summed E-state index contributed by atoms with van der Waals surface area (Å²) >= 11 is 5.98. The number of aromatic nitrogens is 1. The zero-order chi connectivity index (χ0) is 26.3. The molecule has 0 N–H and O–H groups in total. The lowest BCUT2D eigenvalue weighted by Crippen LogP contribution is -2.42. The SMILES string of the molecule is Cc1cc(-c2ccc(Cl)cn2)cc(C)c1C1C(=O)CC2(CCC(CC(=O)OC(C)(C)C)CC2)CC1=O. The van der Waals surface area contributed by atoms with E-state index in [-0.39, 0.29) is 28.9 Å². The second kappa shape index (κ2) is 10.1. The molecule has 36 heavy (non-hydrogen) atoms. The Balaban J connectivity index is 1.45. The topological polar surface area (TPSA) is 73.3 Å². The van der Waals surface area contributed by atoms with E-state index >= 15 is 0 Å². The van der Waals surface area contributed by atoms with Crippen LogP contribution in [0.3, 0.4) is 0 Å². The molecule has 1 spiro atoms. The van der Waals surface area contributed by atoms with Crippen LogP contribution in [0.2, 0.25) is 5.02 Å². The molecular weight excluding hydrogens is 474 g/mol. The van der Waals surface area contributed by atoms with Crippen LogP contribution in [0.1, 0.15) is 88.3 Å². The Kier molecular flexibility index (Phi) is 7.43. The van der Waals surface area contributed by atoms with E-state index < -0.39 is 11.5 Å². The minimum Gasteiger partial charge on any atom is -0.460 e. The van der Waals surface area contributed by atoms with Crippen LogP contribution in [0, 0.1) is 25.2 Å². The number of Topliss-reactive ketones (excluding diaryl/α,β-unsaturated/α-hetero) is 2. The van der Waals surface area contributed by atoms with Crippen LogP contribution in [0.15, 0.2) is 30.5 Å². The number of carbonyl (C=O) groups is 3. The number of hydrogen-bond acceptors (Lipinski definition) is 5. The summed E-state index contributed by atoms with van der Waals surface area (Å²) in [5, 5.41) is 0.579. The number of benzene rings is 1. The number of rotatable bonds is 4. The van der Waals surface area contributed by atoms with Gasteiger partial charge in [0.15, 0.2) is 0 Å². The van der Waals surface area contributed by atoms with E-state index in [1.807, 2.05) is 52.8 Å². The molecule has 5 nitrogen and oxygen atoms in total. The summed E-state index contributed by atoms with van der Waals surface area (Å²) in [6, 6.07) is 7.69. The largest absolute Gasteiger partial charge is 0.460 e. The van der Waals surface area contributed by atoms with Crippen molar-refractivity contribution in [2.45, 2.75) is 91.1 Å². The maximum absolute atomic E-state index is 13.5. The van der Waals surface area contributed by atoms with Crippen molar-refractivity contribution in [2.75, 3.05) is 0 Å². The molecule has 2 saturated carbocycles. The van der Waals surface area contributed by atoms with Crippen LogP contribution < -0.4 is 0 Å². The Morgan fingerprint density at radius 3 is 2.14 bits per heavy atom. The van der Waals surface area contributed by atoms with Gasteiger partial charge in [-0.2, -0.15) is 0 Å². The predicted octanol–water partition coefficient (Wildman–Crippen LogP) is 6.94. The molecule has 6 heteroatoms. The first-order chi connectivity index (χ1) is 16.9. The summed E-state index contributed by atoms with van der Waals surface area (Å²) in [6.07, 6.45) is 6.21. The Morgan fingerprint density at radius 1 is 1.06 bits per heavy atom. The van der Waals surface area contributed by atoms with Gasteiger partial charge in [-0.15, -0.1) is 0 Å². The summed E-state index contributed by atoms with van der Waals surface area (Å²) in [4.78, 5) is 43.6. The summed E-state index contributed by atoms with van der Waals surface area (Å²) in [6.45, 7) is 9.56. The molecule has 4 rings (SSSR count). The standard InChI is InChI=1S/C30H36ClNO4/c1-18-12-21(23-7-6-22(31)17-32-23)13-19(2)27(18)28-24(33)15-30(16-25(28)34)10-8-20(9-11-30)14-26(35)36-29(3,4)5/h6-7,12-13,17,20,28H,8-11,14-16H2,1-5H3. The van der Waals surface area contributed by atoms with E-state index in [0.717, 1.165) is 53.6 Å². The third kappa shape index (κ3) is 5.88. The molecule has 0 unspecified atom stereocenters. The zero-order valence-electron chi connectivity index (χ0n) is 21.9. The van der Waals surface area contributed by atoms with E-state index in [9.17, 15) is 14.4 Å². The highest BCUT2D eigenvalue weighted by atomic mass is 35.5. The monoisotopic (exact) mass is 509 g/mol. The van der Waals surface area contributed by atoms with Crippen molar-refractivity contribution < 1.29 is 19.1 Å². The molecule has 0 saturated heterocycles. The molecule has 2 aromatic rings. The van der Waals surface area contributed by atoms with Crippen molar-refractivity contribution in [2.24, 2.45) is 11.3 Å². The summed E-state index contributed by atoms with van der Waals surface area (Å²) in [7, 11) is 0. The molecule has 0 bridgehead atoms. The molecule has 1 aromatic carbocycles. The molecule has 2 aliphatic rings. The van der Waals surface area contributed by atoms with Gasteiger partial charge in [0.25, 0.3) is 0 Å². The number of aryl methyl sites for hydroxylation is 2. The lowest BCUT2D eigenvalue weighted by molar-refractivity contribution is -0.157. The van der Waals surface area contributed by atoms with Crippen LogP contribution in [0.4, 0.5) is 0 Å². The number of ether oxygens (including phenoxy) is 1. The molecule has 2 aliphatic carbocycles. The van der Waals surface area contributed by atoms with E-state index in [2.05, 4.69) is 4.98 Å². The fraction of sp³-hybridized carbons (Fsp3) is 0.533. The van der Waals surface area contributed by atoms with Crippen molar-refractivity contribution in [3.05, 3.63) is 52.2 Å². The maximum atomic E-state index is 13.5. The van der Waals surface area contributed by atoms with E-state index in [1.54, 1.807) is 12.3 Å². The van der Waals surface area contributed by atoms with Gasteiger partial charge in [0.2, 0.25) is 0 Å². The summed E-state index contributed by atoms with van der Waals surface area (Å²) in [5.74, 6) is -0.544. The minimum absolute atomic E-state index is 0.0282.